The molecule has 41 heavy (non-hydrogen) atoms. The molecule has 8 heteroatoms. The van der Waals surface area contributed by atoms with Crippen molar-refractivity contribution >= 4 is 16.8 Å². The first-order valence-electron chi connectivity index (χ1n) is 14.1. The highest BCUT2D eigenvalue weighted by atomic mass is 16.8. The number of ether oxygens (including phenoxy) is 2. The largest absolute Gasteiger partial charge is 0.379 e. The van der Waals surface area contributed by atoms with Crippen molar-refractivity contribution in [2.45, 2.75) is 32.1 Å². The van der Waals surface area contributed by atoms with Crippen LogP contribution in [0.15, 0.2) is 72.8 Å². The number of morpholine rings is 1. The van der Waals surface area contributed by atoms with E-state index in [1.54, 1.807) is 0 Å². The molecule has 0 bridgehead atoms. The molecule has 1 atom stereocenters. The molecule has 2 fully saturated rings. The molecule has 0 spiro atoms. The lowest BCUT2D eigenvalue weighted by molar-refractivity contribution is -0.186. The van der Waals surface area contributed by atoms with Gasteiger partial charge in [-0.2, -0.15) is 0 Å². The minimum Gasteiger partial charge on any atom is -0.379 e. The standard InChI is InChI=1S/C33H32N4O4/c38-33(36-41-30-7-3-4-20-40-30)32-34-29-6-2-1-5-28(29)31(35-32)27-16-14-25(15-17-27)9-8-24-10-12-26(13-11-24)23-37-18-21-39-22-19-37/h1-2,5-6,10-17,30H,3-4,7,18-23H2,(H,36,38). The molecule has 8 nitrogen and oxygen atoms in total. The van der Waals surface area contributed by atoms with E-state index in [0.29, 0.717) is 17.8 Å². The third kappa shape index (κ3) is 6.96. The Labute approximate surface area is 239 Å². The van der Waals surface area contributed by atoms with Gasteiger partial charge in [0.05, 0.1) is 24.4 Å². The number of fused-ring (bicyclic) bond motifs is 1. The van der Waals surface area contributed by atoms with Gasteiger partial charge in [0.1, 0.15) is 0 Å². The van der Waals surface area contributed by atoms with Crippen molar-refractivity contribution in [1.82, 2.24) is 20.3 Å². The topological polar surface area (TPSA) is 85.8 Å². The van der Waals surface area contributed by atoms with Crippen LogP contribution in [0.4, 0.5) is 0 Å². The molecular weight excluding hydrogens is 516 g/mol. The molecule has 0 radical (unpaired) electrons. The number of para-hydroxylation sites is 1. The second-order valence-corrected chi connectivity index (χ2v) is 10.2. The zero-order valence-electron chi connectivity index (χ0n) is 22.8. The maximum Gasteiger partial charge on any atom is 0.312 e. The van der Waals surface area contributed by atoms with Crippen LogP contribution in [-0.4, -0.2) is 60.0 Å². The summed E-state index contributed by atoms with van der Waals surface area (Å²) in [5.41, 5.74) is 7.82. The van der Waals surface area contributed by atoms with Crippen LogP contribution < -0.4 is 5.48 Å². The Morgan fingerprint density at radius 2 is 1.63 bits per heavy atom. The summed E-state index contributed by atoms with van der Waals surface area (Å²) in [5.74, 6) is 6.04. The molecule has 0 saturated carbocycles. The van der Waals surface area contributed by atoms with E-state index in [2.05, 4.69) is 56.5 Å². The smallest absolute Gasteiger partial charge is 0.312 e. The van der Waals surface area contributed by atoms with E-state index in [-0.39, 0.29) is 5.82 Å². The number of carbonyl (C=O) groups excluding carboxylic acids is 1. The first-order chi connectivity index (χ1) is 20.2. The zero-order chi connectivity index (χ0) is 27.9. The summed E-state index contributed by atoms with van der Waals surface area (Å²) in [6, 6.07) is 23.9. The summed E-state index contributed by atoms with van der Waals surface area (Å²) in [6.07, 6.45) is 2.28. The van der Waals surface area contributed by atoms with E-state index in [9.17, 15) is 4.79 Å². The fraction of sp³-hybridized carbons (Fsp3) is 0.303. The molecule has 1 amide bonds. The van der Waals surface area contributed by atoms with E-state index in [1.165, 1.54) is 5.56 Å². The van der Waals surface area contributed by atoms with Crippen LogP contribution in [0.2, 0.25) is 0 Å². The van der Waals surface area contributed by atoms with Gasteiger partial charge in [0.2, 0.25) is 5.82 Å². The highest BCUT2D eigenvalue weighted by molar-refractivity contribution is 5.97. The first kappa shape index (κ1) is 27.1. The molecule has 3 aromatic carbocycles. The van der Waals surface area contributed by atoms with Crippen LogP contribution in [-0.2, 0) is 20.9 Å². The monoisotopic (exact) mass is 548 g/mol. The Morgan fingerprint density at radius 1 is 0.902 bits per heavy atom. The van der Waals surface area contributed by atoms with Gasteiger partial charge in [-0.05, 0) is 48.7 Å². The molecule has 2 aliphatic rings. The quantitative estimate of drug-likeness (QED) is 0.276. The third-order valence-electron chi connectivity index (χ3n) is 7.20. The number of nitrogens with zero attached hydrogens (tertiary/aromatic N) is 3. The van der Waals surface area contributed by atoms with Crippen LogP contribution in [0.25, 0.3) is 22.2 Å². The van der Waals surface area contributed by atoms with Gasteiger partial charge in [-0.3, -0.25) is 9.69 Å². The van der Waals surface area contributed by atoms with Gasteiger partial charge in [-0.25, -0.2) is 20.3 Å². The lowest BCUT2D eigenvalue weighted by Gasteiger charge is -2.26. The molecular formula is C33H32N4O4. The molecule has 3 heterocycles. The summed E-state index contributed by atoms with van der Waals surface area (Å²) in [6.45, 7) is 5.11. The fourth-order valence-electron chi connectivity index (χ4n) is 4.93. The molecule has 1 unspecified atom stereocenters. The number of aromatic nitrogens is 2. The van der Waals surface area contributed by atoms with Crippen molar-refractivity contribution in [2.75, 3.05) is 32.9 Å². The summed E-state index contributed by atoms with van der Waals surface area (Å²) >= 11 is 0. The van der Waals surface area contributed by atoms with Crippen molar-refractivity contribution in [3.05, 3.63) is 95.3 Å². The van der Waals surface area contributed by atoms with Gasteiger partial charge in [0.15, 0.2) is 6.29 Å². The van der Waals surface area contributed by atoms with Crippen molar-refractivity contribution in [3.8, 4) is 23.1 Å². The van der Waals surface area contributed by atoms with E-state index < -0.39 is 12.2 Å². The molecule has 2 aliphatic heterocycles. The van der Waals surface area contributed by atoms with Gasteiger partial charge >= 0.3 is 5.91 Å². The SMILES string of the molecule is O=C(NOC1CCCCO1)c1nc(-c2ccc(C#Cc3ccc(CN4CCOCC4)cc3)cc2)c2ccccc2n1. The molecule has 0 aliphatic carbocycles. The minimum absolute atomic E-state index is 0.0374. The van der Waals surface area contributed by atoms with Crippen LogP contribution in [0.5, 0.6) is 0 Å². The minimum atomic E-state index is -0.510. The van der Waals surface area contributed by atoms with Gasteiger partial charge in [-0.15, -0.1) is 0 Å². The first-order valence-corrected chi connectivity index (χ1v) is 14.1. The second-order valence-electron chi connectivity index (χ2n) is 10.2. The van der Waals surface area contributed by atoms with E-state index in [0.717, 1.165) is 74.2 Å². The molecule has 2 saturated heterocycles. The number of nitrogens with one attached hydrogen (secondary N) is 1. The average molecular weight is 549 g/mol. The maximum absolute atomic E-state index is 12.9. The van der Waals surface area contributed by atoms with E-state index in [4.69, 9.17) is 14.3 Å². The summed E-state index contributed by atoms with van der Waals surface area (Å²) in [5, 5.41) is 0.858. The number of hydrogen-bond acceptors (Lipinski definition) is 7. The lowest BCUT2D eigenvalue weighted by atomic mass is 10.0. The normalized spacial score (nSPS) is 17.5. The van der Waals surface area contributed by atoms with Crippen molar-refractivity contribution < 1.29 is 19.1 Å². The van der Waals surface area contributed by atoms with Crippen LogP contribution in [0.1, 0.15) is 46.6 Å². The number of carbonyl (C=O) groups is 1. The summed E-state index contributed by atoms with van der Waals surface area (Å²) in [7, 11) is 0. The Bertz CT molecular complexity index is 1550. The molecule has 4 aromatic rings. The van der Waals surface area contributed by atoms with Crippen LogP contribution in [0, 0.1) is 11.8 Å². The average Bonchev–Trinajstić information content (AvgIpc) is 3.04. The van der Waals surface area contributed by atoms with Crippen LogP contribution >= 0.6 is 0 Å². The number of benzene rings is 3. The Kier molecular flexibility index (Phi) is 8.60. The fourth-order valence-corrected chi connectivity index (χ4v) is 4.93. The Balaban J connectivity index is 1.16. The third-order valence-corrected chi connectivity index (χ3v) is 7.20. The van der Waals surface area contributed by atoms with E-state index >= 15 is 0 Å². The highest BCUT2D eigenvalue weighted by Gasteiger charge is 2.19. The lowest BCUT2D eigenvalue weighted by Crippen LogP contribution is -2.35. The van der Waals surface area contributed by atoms with Gasteiger partial charge in [-0.1, -0.05) is 54.3 Å². The van der Waals surface area contributed by atoms with Crippen molar-refractivity contribution in [3.63, 3.8) is 0 Å². The van der Waals surface area contributed by atoms with Gasteiger partial charge in [0.25, 0.3) is 0 Å². The van der Waals surface area contributed by atoms with Gasteiger partial charge in [0, 0.05) is 54.7 Å². The highest BCUT2D eigenvalue weighted by Crippen LogP contribution is 2.26. The van der Waals surface area contributed by atoms with Crippen molar-refractivity contribution in [1.29, 1.82) is 0 Å². The molecule has 1 N–H and O–H groups in total. The van der Waals surface area contributed by atoms with Crippen LogP contribution in [0.3, 0.4) is 0 Å². The van der Waals surface area contributed by atoms with Gasteiger partial charge < -0.3 is 9.47 Å². The zero-order valence-corrected chi connectivity index (χ0v) is 22.8. The Morgan fingerprint density at radius 3 is 2.37 bits per heavy atom. The van der Waals surface area contributed by atoms with E-state index in [1.807, 2.05) is 48.5 Å². The predicted molar refractivity (Wildman–Crippen MR) is 156 cm³/mol. The molecule has 208 valence electrons. The number of hydroxylamine groups is 1. The molecule has 6 rings (SSSR count). The number of rotatable bonds is 6. The molecule has 1 aromatic heterocycles. The van der Waals surface area contributed by atoms with Crippen molar-refractivity contribution in [2.24, 2.45) is 0 Å². The predicted octanol–water partition coefficient (Wildman–Crippen LogP) is 4.72. The number of amides is 1. The summed E-state index contributed by atoms with van der Waals surface area (Å²) in [4.78, 5) is 29.8. The number of hydrogen-bond donors (Lipinski definition) is 1. The Hall–Kier alpha value is -4.13. The maximum atomic E-state index is 12.9. The second kappa shape index (κ2) is 13.0. The summed E-state index contributed by atoms with van der Waals surface area (Å²) < 4.78 is 11.0.